The Morgan fingerprint density at radius 2 is 1.60 bits per heavy atom. The van der Waals surface area contributed by atoms with Gasteiger partial charge in [-0.15, -0.1) is 0 Å². The van der Waals surface area contributed by atoms with Crippen molar-refractivity contribution in [2.24, 2.45) is 5.73 Å². The highest BCUT2D eigenvalue weighted by Gasteiger charge is 2.36. The second-order valence-corrected chi connectivity index (χ2v) is 5.14. The van der Waals surface area contributed by atoms with Gasteiger partial charge in [0.05, 0.1) is 17.9 Å². The van der Waals surface area contributed by atoms with Crippen molar-refractivity contribution in [3.63, 3.8) is 0 Å². The van der Waals surface area contributed by atoms with E-state index >= 15 is 0 Å². The molecule has 0 fully saturated rings. The van der Waals surface area contributed by atoms with Gasteiger partial charge in [0.1, 0.15) is 0 Å². The van der Waals surface area contributed by atoms with Gasteiger partial charge in [0.25, 0.3) is 0 Å². The molecule has 98 valence electrons. The highest BCUT2D eigenvalue weighted by atomic mass is 16.1. The SMILES string of the molecule is NCN1Cc2ccccc2C2=C1c1ccccc1C2=O. The highest BCUT2D eigenvalue weighted by Crippen LogP contribution is 2.44. The van der Waals surface area contributed by atoms with Crippen molar-refractivity contribution in [3.8, 4) is 0 Å². The van der Waals surface area contributed by atoms with Crippen LogP contribution in [0.4, 0.5) is 0 Å². The van der Waals surface area contributed by atoms with Crippen LogP contribution in [0.25, 0.3) is 11.3 Å². The maximum absolute atomic E-state index is 12.7. The third-order valence-electron chi connectivity index (χ3n) is 4.08. The van der Waals surface area contributed by atoms with Crippen LogP contribution in [0.1, 0.15) is 27.0 Å². The average Bonchev–Trinajstić information content (AvgIpc) is 2.81. The van der Waals surface area contributed by atoms with Crippen LogP contribution in [0.15, 0.2) is 48.5 Å². The summed E-state index contributed by atoms with van der Waals surface area (Å²) in [6, 6.07) is 15.9. The minimum absolute atomic E-state index is 0.112. The molecule has 0 saturated heterocycles. The van der Waals surface area contributed by atoms with Gasteiger partial charge in [-0.25, -0.2) is 0 Å². The standard InChI is InChI=1S/C17H14N2O/c18-10-19-9-11-5-1-2-6-12(11)15-16(19)13-7-3-4-8-14(13)17(15)20/h1-8H,9-10,18H2. The monoisotopic (exact) mass is 262 g/mol. The summed E-state index contributed by atoms with van der Waals surface area (Å²) in [6.45, 7) is 1.17. The molecule has 0 saturated carbocycles. The number of ketones is 1. The largest absolute Gasteiger partial charge is 0.353 e. The lowest BCUT2D eigenvalue weighted by molar-refractivity contribution is 0.105. The van der Waals surface area contributed by atoms with E-state index in [2.05, 4.69) is 11.0 Å². The summed E-state index contributed by atoms with van der Waals surface area (Å²) in [5, 5.41) is 0. The summed E-state index contributed by atoms with van der Waals surface area (Å²) >= 11 is 0. The maximum atomic E-state index is 12.7. The lowest BCUT2D eigenvalue weighted by Crippen LogP contribution is -2.31. The van der Waals surface area contributed by atoms with Crippen molar-refractivity contribution in [1.82, 2.24) is 4.90 Å². The molecular weight excluding hydrogens is 248 g/mol. The van der Waals surface area contributed by atoms with Gasteiger partial charge in [-0.1, -0.05) is 48.5 Å². The average molecular weight is 262 g/mol. The number of nitrogens with two attached hydrogens (primary N) is 1. The predicted molar refractivity (Wildman–Crippen MR) is 78.6 cm³/mol. The number of benzene rings is 2. The third-order valence-corrected chi connectivity index (χ3v) is 4.08. The zero-order valence-electron chi connectivity index (χ0n) is 11.0. The molecule has 2 N–H and O–H groups in total. The number of carbonyl (C=O) groups excluding carboxylic acids is 1. The van der Waals surface area contributed by atoms with E-state index in [0.29, 0.717) is 6.67 Å². The number of hydrogen-bond donors (Lipinski definition) is 1. The lowest BCUT2D eigenvalue weighted by atomic mass is 9.93. The Balaban J connectivity index is 2.04. The number of carbonyl (C=O) groups is 1. The Kier molecular flexibility index (Phi) is 2.32. The van der Waals surface area contributed by atoms with Gasteiger partial charge in [-0.05, 0) is 11.1 Å². The van der Waals surface area contributed by atoms with Crippen LogP contribution < -0.4 is 5.73 Å². The van der Waals surface area contributed by atoms with Crippen molar-refractivity contribution in [3.05, 3.63) is 70.8 Å². The first-order chi connectivity index (χ1) is 9.81. The minimum Gasteiger partial charge on any atom is -0.353 e. The van der Waals surface area contributed by atoms with Gasteiger partial charge in [0.15, 0.2) is 5.78 Å². The molecule has 1 aliphatic heterocycles. The van der Waals surface area contributed by atoms with Crippen LogP contribution in [0.5, 0.6) is 0 Å². The van der Waals surface area contributed by atoms with Crippen molar-refractivity contribution < 1.29 is 4.79 Å². The summed E-state index contributed by atoms with van der Waals surface area (Å²) < 4.78 is 0. The highest BCUT2D eigenvalue weighted by molar-refractivity contribution is 6.40. The second-order valence-electron chi connectivity index (χ2n) is 5.14. The Labute approximate surface area is 117 Å². The van der Waals surface area contributed by atoms with Crippen molar-refractivity contribution in [2.45, 2.75) is 6.54 Å². The summed E-state index contributed by atoms with van der Waals surface area (Å²) in [7, 11) is 0. The zero-order chi connectivity index (χ0) is 13.7. The first-order valence-corrected chi connectivity index (χ1v) is 6.73. The molecule has 0 aromatic heterocycles. The zero-order valence-corrected chi connectivity index (χ0v) is 11.0. The van der Waals surface area contributed by atoms with Crippen molar-refractivity contribution >= 4 is 17.1 Å². The molecule has 2 aliphatic rings. The fourth-order valence-corrected chi connectivity index (χ4v) is 3.19. The number of nitrogens with zero attached hydrogens (tertiary/aromatic N) is 1. The molecule has 0 atom stereocenters. The first-order valence-electron chi connectivity index (χ1n) is 6.73. The van der Waals surface area contributed by atoms with Gasteiger partial charge in [0.2, 0.25) is 0 Å². The Hall–Kier alpha value is -2.39. The number of fused-ring (bicyclic) bond motifs is 4. The molecule has 0 spiro atoms. The number of rotatable bonds is 1. The van der Waals surface area contributed by atoms with Crippen LogP contribution >= 0.6 is 0 Å². The molecular formula is C17H14N2O. The van der Waals surface area contributed by atoms with Crippen LogP contribution in [0.2, 0.25) is 0 Å². The molecule has 3 heteroatoms. The molecule has 2 aromatic carbocycles. The Bertz CT molecular complexity index is 761. The molecule has 4 rings (SSSR count). The molecule has 0 amide bonds. The van der Waals surface area contributed by atoms with Gasteiger partial charge >= 0.3 is 0 Å². The molecule has 1 heterocycles. The quantitative estimate of drug-likeness (QED) is 0.858. The Morgan fingerprint density at radius 3 is 2.35 bits per heavy atom. The van der Waals surface area contributed by atoms with Crippen molar-refractivity contribution in [2.75, 3.05) is 6.67 Å². The molecule has 0 unspecified atom stereocenters. The van der Waals surface area contributed by atoms with E-state index in [4.69, 9.17) is 5.73 Å². The van der Waals surface area contributed by atoms with Gasteiger partial charge < -0.3 is 10.6 Å². The van der Waals surface area contributed by atoms with E-state index in [1.807, 2.05) is 42.5 Å². The van der Waals surface area contributed by atoms with E-state index in [1.54, 1.807) is 0 Å². The van der Waals surface area contributed by atoms with E-state index < -0.39 is 0 Å². The number of hydrogen-bond acceptors (Lipinski definition) is 3. The molecule has 3 nitrogen and oxygen atoms in total. The smallest absolute Gasteiger partial charge is 0.196 e. The van der Waals surface area contributed by atoms with E-state index in [-0.39, 0.29) is 5.78 Å². The lowest BCUT2D eigenvalue weighted by Gasteiger charge is -2.31. The predicted octanol–water partition coefficient (Wildman–Crippen LogP) is 2.48. The second kappa shape index (κ2) is 4.05. The van der Waals surface area contributed by atoms with Gasteiger partial charge in [-0.2, -0.15) is 0 Å². The summed E-state index contributed by atoms with van der Waals surface area (Å²) in [5.41, 5.74) is 11.7. The molecule has 1 aliphatic carbocycles. The van der Waals surface area contributed by atoms with Gasteiger partial charge in [0, 0.05) is 17.7 Å². The van der Waals surface area contributed by atoms with E-state index in [9.17, 15) is 4.79 Å². The minimum atomic E-state index is 0.112. The van der Waals surface area contributed by atoms with Crippen LogP contribution in [-0.2, 0) is 6.54 Å². The molecule has 20 heavy (non-hydrogen) atoms. The van der Waals surface area contributed by atoms with E-state index in [0.717, 1.165) is 40.1 Å². The molecule has 2 aromatic rings. The fraction of sp³-hybridized carbons (Fsp3) is 0.118. The molecule has 0 radical (unpaired) electrons. The number of Topliss-reactive ketones (excluding diaryl/α,β-unsaturated/α-hetero) is 1. The Morgan fingerprint density at radius 1 is 0.950 bits per heavy atom. The van der Waals surface area contributed by atoms with Crippen LogP contribution in [0, 0.1) is 0 Å². The number of allylic oxidation sites excluding steroid dienone is 1. The molecule has 0 bridgehead atoms. The van der Waals surface area contributed by atoms with Gasteiger partial charge in [-0.3, -0.25) is 4.79 Å². The van der Waals surface area contributed by atoms with E-state index in [1.165, 1.54) is 0 Å². The summed E-state index contributed by atoms with van der Waals surface area (Å²) in [6.07, 6.45) is 0. The third kappa shape index (κ3) is 1.35. The normalized spacial score (nSPS) is 16.1. The maximum Gasteiger partial charge on any atom is 0.196 e. The summed E-state index contributed by atoms with van der Waals surface area (Å²) in [4.78, 5) is 14.8. The van der Waals surface area contributed by atoms with Crippen molar-refractivity contribution in [1.29, 1.82) is 0 Å². The van der Waals surface area contributed by atoms with Crippen LogP contribution in [-0.4, -0.2) is 17.4 Å². The van der Waals surface area contributed by atoms with Crippen LogP contribution in [0.3, 0.4) is 0 Å². The first kappa shape index (κ1) is 11.4. The fourth-order valence-electron chi connectivity index (χ4n) is 3.19. The topological polar surface area (TPSA) is 46.3 Å². The summed E-state index contributed by atoms with van der Waals surface area (Å²) in [5.74, 6) is 0.112.